The smallest absolute Gasteiger partial charge is 0.409 e. The van der Waals surface area contributed by atoms with Crippen molar-refractivity contribution in [3.05, 3.63) is 69.5 Å². The molecule has 0 atom stereocenters. The van der Waals surface area contributed by atoms with Crippen molar-refractivity contribution in [2.75, 3.05) is 19.7 Å². The predicted molar refractivity (Wildman–Crippen MR) is 147 cm³/mol. The van der Waals surface area contributed by atoms with E-state index in [4.69, 9.17) is 51.0 Å². The molecule has 10 nitrogen and oxygen atoms in total. The van der Waals surface area contributed by atoms with Gasteiger partial charge in [-0.25, -0.2) is 4.79 Å². The van der Waals surface area contributed by atoms with E-state index in [1.165, 1.54) is 27.8 Å². The number of aliphatic carboxylic acids is 3. The lowest BCUT2D eigenvalue weighted by molar-refractivity contribution is -0.135. The second-order valence-corrected chi connectivity index (χ2v) is 8.97. The molecule has 2 aromatic rings. The molecular formula is C28H35ClN2O8. The summed E-state index contributed by atoms with van der Waals surface area (Å²) in [5, 5.41) is 23.0. The maximum Gasteiger partial charge on any atom is 0.409 e. The summed E-state index contributed by atoms with van der Waals surface area (Å²) in [6, 6.07) is 10.3. The molecule has 2 heterocycles. The Bertz CT molecular complexity index is 1150. The van der Waals surface area contributed by atoms with Crippen LogP contribution in [0.15, 0.2) is 42.1 Å². The molecule has 2 aliphatic rings. The van der Waals surface area contributed by atoms with Crippen molar-refractivity contribution in [3.63, 3.8) is 0 Å². The van der Waals surface area contributed by atoms with Gasteiger partial charge in [0.1, 0.15) is 0 Å². The van der Waals surface area contributed by atoms with Gasteiger partial charge in [-0.1, -0.05) is 29.3 Å². The van der Waals surface area contributed by atoms with Crippen LogP contribution in [0.25, 0.3) is 5.57 Å². The largest absolute Gasteiger partial charge is 0.481 e. The van der Waals surface area contributed by atoms with Crippen molar-refractivity contribution in [2.45, 2.75) is 53.4 Å². The highest BCUT2D eigenvalue weighted by Gasteiger charge is 2.26. The average Bonchev–Trinajstić information content (AvgIpc) is 3.00. The number of aromatic nitrogens is 1. The van der Waals surface area contributed by atoms with Crippen LogP contribution in [0.5, 0.6) is 0 Å². The fourth-order valence-corrected chi connectivity index (χ4v) is 4.25. The standard InChI is InChI=1S/C22H23ClN2O2.3C2H4O2/c1-2-27-22(26)25-12-9-15(10-13-25)20-19-8-7-18(23)14-17(19)6-5-16-4-3-11-24-21(16)20;3*1-2(3)4/h3-4,7-8,11,14H,2,5-6,9-10,12-13H2,1H3;3*1H3,(H,3,4). The van der Waals surface area contributed by atoms with Crippen LogP contribution >= 0.6 is 11.6 Å². The minimum Gasteiger partial charge on any atom is -0.481 e. The van der Waals surface area contributed by atoms with E-state index < -0.39 is 17.9 Å². The highest BCUT2D eigenvalue weighted by molar-refractivity contribution is 6.30. The summed E-state index contributed by atoms with van der Waals surface area (Å²) in [6.45, 7) is 6.87. The van der Waals surface area contributed by atoms with Gasteiger partial charge in [0, 0.05) is 50.7 Å². The van der Waals surface area contributed by atoms with E-state index in [2.05, 4.69) is 18.2 Å². The van der Waals surface area contributed by atoms with E-state index in [1.807, 2.05) is 25.3 Å². The molecule has 11 heteroatoms. The Kier molecular flexibility index (Phi) is 14.3. The normalized spacial score (nSPS) is 13.3. The van der Waals surface area contributed by atoms with Crippen molar-refractivity contribution < 1.29 is 39.2 Å². The SMILES string of the molecule is CC(=O)O.CC(=O)O.CC(=O)O.CCOC(=O)N1CCC(=C2c3ccc(Cl)cc3CCc3cccnc32)CC1. The zero-order chi connectivity index (χ0) is 29.5. The van der Waals surface area contributed by atoms with Crippen molar-refractivity contribution in [3.8, 4) is 0 Å². The summed E-state index contributed by atoms with van der Waals surface area (Å²) in [4.78, 5) is 45.6. The van der Waals surface area contributed by atoms with Gasteiger partial charge in [-0.05, 0) is 67.5 Å². The summed E-state index contributed by atoms with van der Waals surface area (Å²) < 4.78 is 5.15. The first-order valence-electron chi connectivity index (χ1n) is 12.3. The lowest BCUT2D eigenvalue weighted by Crippen LogP contribution is -2.37. The molecule has 1 aromatic heterocycles. The molecule has 4 rings (SSSR count). The highest BCUT2D eigenvalue weighted by atomic mass is 35.5. The molecule has 0 bridgehead atoms. The lowest BCUT2D eigenvalue weighted by Gasteiger charge is -2.29. The summed E-state index contributed by atoms with van der Waals surface area (Å²) in [5.41, 5.74) is 7.46. The molecule has 0 spiro atoms. The van der Waals surface area contributed by atoms with Gasteiger partial charge in [-0.15, -0.1) is 0 Å². The number of nitrogens with zero attached hydrogens (tertiary/aromatic N) is 2. The number of carbonyl (C=O) groups is 4. The van der Waals surface area contributed by atoms with Crippen LogP contribution in [0.4, 0.5) is 4.79 Å². The number of aryl methyl sites for hydroxylation is 2. The quantitative estimate of drug-likeness (QED) is 0.427. The third-order valence-corrected chi connectivity index (χ3v) is 5.61. The van der Waals surface area contributed by atoms with E-state index in [-0.39, 0.29) is 6.09 Å². The molecule has 1 fully saturated rings. The predicted octanol–water partition coefficient (Wildman–Crippen LogP) is 5.16. The van der Waals surface area contributed by atoms with Crippen LogP contribution in [0.3, 0.4) is 0 Å². The molecule has 0 radical (unpaired) electrons. The summed E-state index contributed by atoms with van der Waals surface area (Å²) in [6.07, 6.45) is 5.25. The number of likely N-dealkylation sites (tertiary alicyclic amines) is 1. The minimum absolute atomic E-state index is 0.215. The molecule has 39 heavy (non-hydrogen) atoms. The highest BCUT2D eigenvalue weighted by Crippen LogP contribution is 2.38. The topological polar surface area (TPSA) is 154 Å². The molecule has 212 valence electrons. The van der Waals surface area contributed by atoms with Gasteiger partial charge in [0.15, 0.2) is 0 Å². The third-order valence-electron chi connectivity index (χ3n) is 5.37. The number of rotatable bonds is 1. The Hall–Kier alpha value is -3.92. The van der Waals surface area contributed by atoms with E-state index in [0.29, 0.717) is 19.7 Å². The first-order chi connectivity index (χ1) is 18.4. The molecule has 0 unspecified atom stereocenters. The number of halogens is 1. The number of hydrogen-bond donors (Lipinski definition) is 3. The number of carbonyl (C=O) groups excluding carboxylic acids is 1. The van der Waals surface area contributed by atoms with Crippen LogP contribution in [-0.4, -0.2) is 68.9 Å². The number of carboxylic acids is 3. The molecule has 3 N–H and O–H groups in total. The van der Waals surface area contributed by atoms with E-state index in [0.717, 1.165) is 57.2 Å². The van der Waals surface area contributed by atoms with Gasteiger partial charge in [-0.3, -0.25) is 19.4 Å². The van der Waals surface area contributed by atoms with E-state index in [9.17, 15) is 4.79 Å². The Labute approximate surface area is 232 Å². The van der Waals surface area contributed by atoms with Crippen LogP contribution in [0, 0.1) is 0 Å². The minimum atomic E-state index is -0.833. The summed E-state index contributed by atoms with van der Waals surface area (Å²) >= 11 is 6.27. The van der Waals surface area contributed by atoms with Crippen molar-refractivity contribution in [1.82, 2.24) is 9.88 Å². The zero-order valence-electron chi connectivity index (χ0n) is 22.6. The number of piperidine rings is 1. The van der Waals surface area contributed by atoms with Crippen molar-refractivity contribution in [2.24, 2.45) is 0 Å². The van der Waals surface area contributed by atoms with Crippen molar-refractivity contribution in [1.29, 1.82) is 0 Å². The number of pyridine rings is 1. The van der Waals surface area contributed by atoms with Gasteiger partial charge in [-0.2, -0.15) is 0 Å². The summed E-state index contributed by atoms with van der Waals surface area (Å²) in [5.74, 6) is -2.50. The Morgan fingerprint density at radius 1 is 0.897 bits per heavy atom. The number of hydrogen-bond acceptors (Lipinski definition) is 6. The lowest BCUT2D eigenvalue weighted by atomic mass is 9.88. The van der Waals surface area contributed by atoms with Gasteiger partial charge < -0.3 is 25.0 Å². The number of carboxylic acid groups (broad SMARTS) is 3. The molecule has 1 saturated heterocycles. The van der Waals surface area contributed by atoms with Gasteiger partial charge in [0.25, 0.3) is 17.9 Å². The molecule has 1 amide bonds. The Morgan fingerprint density at radius 3 is 1.97 bits per heavy atom. The maximum atomic E-state index is 12.0. The fourth-order valence-electron chi connectivity index (χ4n) is 4.06. The number of ether oxygens (including phenoxy) is 1. The number of fused-ring (bicyclic) bond motifs is 2. The molecule has 1 aliphatic carbocycles. The Morgan fingerprint density at radius 2 is 1.44 bits per heavy atom. The second-order valence-electron chi connectivity index (χ2n) is 8.53. The fraction of sp³-hybridized carbons (Fsp3) is 0.393. The average molecular weight is 563 g/mol. The molecular weight excluding hydrogens is 528 g/mol. The zero-order valence-corrected chi connectivity index (χ0v) is 23.3. The van der Waals surface area contributed by atoms with Crippen LogP contribution in [-0.2, 0) is 32.0 Å². The van der Waals surface area contributed by atoms with Crippen molar-refractivity contribution >= 4 is 41.2 Å². The van der Waals surface area contributed by atoms with E-state index >= 15 is 0 Å². The van der Waals surface area contributed by atoms with Crippen LogP contribution in [0.2, 0.25) is 5.02 Å². The molecule has 1 aromatic carbocycles. The number of amides is 1. The maximum absolute atomic E-state index is 12.0. The van der Waals surface area contributed by atoms with Gasteiger partial charge in [0.2, 0.25) is 0 Å². The van der Waals surface area contributed by atoms with Gasteiger partial charge in [0.05, 0.1) is 12.3 Å². The Balaban J connectivity index is 0.000000538. The first kappa shape index (κ1) is 33.1. The molecule has 0 saturated carbocycles. The van der Waals surface area contributed by atoms with Gasteiger partial charge >= 0.3 is 6.09 Å². The second kappa shape index (κ2) is 16.8. The first-order valence-corrected chi connectivity index (χ1v) is 12.7. The third kappa shape index (κ3) is 12.0. The summed E-state index contributed by atoms with van der Waals surface area (Å²) in [7, 11) is 0. The molecule has 1 aliphatic heterocycles. The van der Waals surface area contributed by atoms with Crippen LogP contribution in [0.1, 0.15) is 62.9 Å². The van der Waals surface area contributed by atoms with E-state index in [1.54, 1.807) is 4.90 Å². The number of benzene rings is 1. The van der Waals surface area contributed by atoms with Crippen LogP contribution < -0.4 is 0 Å². The monoisotopic (exact) mass is 562 g/mol.